The number of thioether (sulfide) groups is 1. The molecule has 0 fully saturated rings. The first-order valence-corrected chi connectivity index (χ1v) is 6.23. The van der Waals surface area contributed by atoms with Crippen LogP contribution in [0.25, 0.3) is 0 Å². The lowest BCUT2D eigenvalue weighted by Gasteiger charge is -1.94. The van der Waals surface area contributed by atoms with Gasteiger partial charge in [-0.25, -0.2) is 0 Å². The first kappa shape index (κ1) is 12.1. The summed E-state index contributed by atoms with van der Waals surface area (Å²) in [7, 11) is 0. The zero-order valence-electron chi connectivity index (χ0n) is 8.51. The van der Waals surface area contributed by atoms with E-state index in [1.54, 1.807) is 0 Å². The van der Waals surface area contributed by atoms with Gasteiger partial charge in [-0.15, -0.1) is 11.8 Å². The second-order valence-corrected chi connectivity index (χ2v) is 4.11. The van der Waals surface area contributed by atoms with Crippen LogP contribution in [0.3, 0.4) is 0 Å². The van der Waals surface area contributed by atoms with Crippen LogP contribution in [0.1, 0.15) is 52.4 Å². The van der Waals surface area contributed by atoms with Crippen LogP contribution < -0.4 is 0 Å². The van der Waals surface area contributed by atoms with Crippen molar-refractivity contribution >= 4 is 11.8 Å². The van der Waals surface area contributed by atoms with Crippen LogP contribution in [0, 0.1) is 0 Å². The Balaban J connectivity index is 2.92. The minimum Gasteiger partial charge on any atom is -0.134 e. The van der Waals surface area contributed by atoms with Gasteiger partial charge in [-0.1, -0.05) is 39.2 Å². The standard InChI is InChI=1S/C11H22S/c1-3-5-6-7-8-9-11-12-10-4-2/h9,11H,3-8,10H2,1-2H3/b11-9-. The Kier molecular flexibility index (Phi) is 11.2. The van der Waals surface area contributed by atoms with Gasteiger partial charge in [0.25, 0.3) is 0 Å². The maximum absolute atomic E-state index is 2.32. The minimum atomic E-state index is 1.27. The van der Waals surface area contributed by atoms with Crippen molar-refractivity contribution in [2.75, 3.05) is 5.75 Å². The molecule has 0 atom stereocenters. The predicted molar refractivity (Wildman–Crippen MR) is 60.6 cm³/mol. The molecule has 0 aromatic carbocycles. The van der Waals surface area contributed by atoms with Gasteiger partial charge in [0.1, 0.15) is 0 Å². The molecule has 0 aliphatic rings. The molecule has 0 nitrogen and oxygen atoms in total. The third kappa shape index (κ3) is 10.1. The maximum atomic E-state index is 2.32. The summed E-state index contributed by atoms with van der Waals surface area (Å²) in [6.45, 7) is 4.48. The van der Waals surface area contributed by atoms with E-state index in [0.29, 0.717) is 0 Å². The van der Waals surface area contributed by atoms with Crippen LogP contribution in [-0.2, 0) is 0 Å². The van der Waals surface area contributed by atoms with E-state index in [1.165, 1.54) is 44.3 Å². The summed E-state index contributed by atoms with van der Waals surface area (Å²) in [4.78, 5) is 0. The average molecular weight is 186 g/mol. The van der Waals surface area contributed by atoms with Crippen molar-refractivity contribution in [2.24, 2.45) is 0 Å². The summed E-state index contributed by atoms with van der Waals surface area (Å²) in [5.74, 6) is 1.27. The smallest absolute Gasteiger partial charge is 0.00287 e. The fourth-order valence-electron chi connectivity index (χ4n) is 1.01. The molecule has 0 rings (SSSR count). The molecule has 12 heavy (non-hydrogen) atoms. The fourth-order valence-corrected chi connectivity index (χ4v) is 1.65. The summed E-state index contributed by atoms with van der Waals surface area (Å²) < 4.78 is 0. The molecule has 0 amide bonds. The normalized spacial score (nSPS) is 11.2. The molecular formula is C11H22S. The number of rotatable bonds is 8. The highest BCUT2D eigenvalue weighted by molar-refractivity contribution is 8.02. The Hall–Kier alpha value is 0.0900. The van der Waals surface area contributed by atoms with E-state index < -0.39 is 0 Å². The number of hydrogen-bond donors (Lipinski definition) is 0. The van der Waals surface area contributed by atoms with Gasteiger partial charge in [0.2, 0.25) is 0 Å². The second-order valence-electron chi connectivity index (χ2n) is 3.09. The van der Waals surface area contributed by atoms with Gasteiger partial charge in [-0.2, -0.15) is 0 Å². The van der Waals surface area contributed by atoms with E-state index in [1.807, 2.05) is 11.8 Å². The summed E-state index contributed by atoms with van der Waals surface area (Å²) in [5, 5.41) is 2.26. The van der Waals surface area contributed by atoms with Gasteiger partial charge >= 0.3 is 0 Å². The van der Waals surface area contributed by atoms with Crippen LogP contribution in [0.2, 0.25) is 0 Å². The van der Waals surface area contributed by atoms with E-state index in [0.717, 1.165) is 0 Å². The Morgan fingerprint density at radius 1 is 1.00 bits per heavy atom. The van der Waals surface area contributed by atoms with Gasteiger partial charge in [0.15, 0.2) is 0 Å². The molecule has 0 radical (unpaired) electrons. The highest BCUT2D eigenvalue weighted by Gasteiger charge is 1.84. The molecule has 0 aliphatic heterocycles. The summed E-state index contributed by atoms with van der Waals surface area (Å²) in [6, 6.07) is 0. The summed E-state index contributed by atoms with van der Waals surface area (Å²) in [6.07, 6.45) is 10.4. The van der Waals surface area contributed by atoms with E-state index in [-0.39, 0.29) is 0 Å². The highest BCUT2D eigenvalue weighted by atomic mass is 32.2. The first-order chi connectivity index (χ1) is 5.91. The molecule has 0 heterocycles. The number of hydrogen-bond acceptors (Lipinski definition) is 1. The first-order valence-electron chi connectivity index (χ1n) is 5.18. The minimum absolute atomic E-state index is 1.27. The number of unbranched alkanes of at least 4 members (excludes halogenated alkanes) is 4. The molecule has 72 valence electrons. The van der Waals surface area contributed by atoms with Crippen molar-refractivity contribution in [3.63, 3.8) is 0 Å². The van der Waals surface area contributed by atoms with Crippen molar-refractivity contribution in [1.82, 2.24) is 0 Å². The Morgan fingerprint density at radius 3 is 2.50 bits per heavy atom. The molecule has 1 heteroatoms. The molecule has 0 saturated carbocycles. The van der Waals surface area contributed by atoms with Crippen molar-refractivity contribution in [2.45, 2.75) is 52.4 Å². The summed E-state index contributed by atoms with van der Waals surface area (Å²) >= 11 is 1.94. The predicted octanol–water partition coefficient (Wildman–Crippen LogP) is 4.61. The molecule has 0 unspecified atom stereocenters. The van der Waals surface area contributed by atoms with Crippen molar-refractivity contribution in [3.8, 4) is 0 Å². The van der Waals surface area contributed by atoms with Gasteiger partial charge in [0, 0.05) is 0 Å². The van der Waals surface area contributed by atoms with E-state index in [2.05, 4.69) is 25.3 Å². The van der Waals surface area contributed by atoms with E-state index in [4.69, 9.17) is 0 Å². The van der Waals surface area contributed by atoms with Crippen LogP contribution in [0.4, 0.5) is 0 Å². The van der Waals surface area contributed by atoms with Crippen molar-refractivity contribution in [3.05, 3.63) is 11.5 Å². The lowest BCUT2D eigenvalue weighted by molar-refractivity contribution is 0.675. The third-order valence-corrected chi connectivity index (χ3v) is 2.77. The second kappa shape index (κ2) is 11.1. The number of allylic oxidation sites excluding steroid dienone is 1. The SMILES string of the molecule is CCCCCC/C=C\SCCC. The quantitative estimate of drug-likeness (QED) is 0.499. The monoisotopic (exact) mass is 186 g/mol. The van der Waals surface area contributed by atoms with E-state index in [9.17, 15) is 0 Å². The van der Waals surface area contributed by atoms with Crippen molar-refractivity contribution < 1.29 is 0 Å². The fraction of sp³-hybridized carbons (Fsp3) is 0.818. The Bertz CT molecular complexity index is 97.2. The van der Waals surface area contributed by atoms with Gasteiger partial charge < -0.3 is 0 Å². The van der Waals surface area contributed by atoms with Crippen LogP contribution in [-0.4, -0.2) is 5.75 Å². The maximum Gasteiger partial charge on any atom is -0.00287 e. The average Bonchev–Trinajstić information content (AvgIpc) is 2.10. The molecular weight excluding hydrogens is 164 g/mol. The highest BCUT2D eigenvalue weighted by Crippen LogP contribution is 2.07. The topological polar surface area (TPSA) is 0 Å². The Labute approximate surface area is 81.8 Å². The third-order valence-electron chi connectivity index (χ3n) is 1.74. The Morgan fingerprint density at radius 2 is 1.83 bits per heavy atom. The van der Waals surface area contributed by atoms with Gasteiger partial charge in [-0.3, -0.25) is 0 Å². The molecule has 0 aliphatic carbocycles. The van der Waals surface area contributed by atoms with E-state index >= 15 is 0 Å². The van der Waals surface area contributed by atoms with Crippen LogP contribution >= 0.6 is 11.8 Å². The molecule has 0 spiro atoms. The molecule has 0 aromatic heterocycles. The largest absolute Gasteiger partial charge is 0.134 e. The van der Waals surface area contributed by atoms with Crippen molar-refractivity contribution in [1.29, 1.82) is 0 Å². The van der Waals surface area contributed by atoms with Gasteiger partial charge in [-0.05, 0) is 30.4 Å². The lowest BCUT2D eigenvalue weighted by atomic mass is 10.2. The molecule has 0 saturated heterocycles. The van der Waals surface area contributed by atoms with Crippen LogP contribution in [0.15, 0.2) is 11.5 Å². The molecule has 0 aromatic rings. The van der Waals surface area contributed by atoms with Crippen LogP contribution in [0.5, 0.6) is 0 Å². The molecule has 0 bridgehead atoms. The lowest BCUT2D eigenvalue weighted by Crippen LogP contribution is -1.73. The zero-order valence-corrected chi connectivity index (χ0v) is 9.33. The zero-order chi connectivity index (χ0) is 9.07. The van der Waals surface area contributed by atoms with Gasteiger partial charge in [0.05, 0.1) is 0 Å². The summed E-state index contributed by atoms with van der Waals surface area (Å²) in [5.41, 5.74) is 0. The molecule has 0 N–H and O–H groups in total.